The summed E-state index contributed by atoms with van der Waals surface area (Å²) in [5.74, 6) is 0.877. The summed E-state index contributed by atoms with van der Waals surface area (Å²) in [7, 11) is 0. The van der Waals surface area contributed by atoms with Crippen molar-refractivity contribution in [3.05, 3.63) is 54.1 Å². The summed E-state index contributed by atoms with van der Waals surface area (Å²) >= 11 is 0. The largest absolute Gasteiger partial charge is 0.490 e. The maximum absolute atomic E-state index is 12.1. The van der Waals surface area contributed by atoms with Gasteiger partial charge in [-0.15, -0.1) is 0 Å². The quantitative estimate of drug-likeness (QED) is 0.784. The lowest BCUT2D eigenvalue weighted by Gasteiger charge is -2.14. The van der Waals surface area contributed by atoms with Crippen LogP contribution in [-0.4, -0.2) is 12.0 Å². The third-order valence-electron chi connectivity index (χ3n) is 4.38. The average molecular weight is 324 g/mol. The molecule has 0 heterocycles. The van der Waals surface area contributed by atoms with Gasteiger partial charge in [-0.3, -0.25) is 4.79 Å². The monoisotopic (exact) mass is 324 g/mol. The van der Waals surface area contributed by atoms with Gasteiger partial charge in [0.25, 0.3) is 0 Å². The van der Waals surface area contributed by atoms with Gasteiger partial charge in [0, 0.05) is 6.42 Å². The first-order chi connectivity index (χ1) is 11.7. The molecular weight excluding hydrogens is 300 g/mol. The number of rotatable bonds is 6. The molecule has 4 nitrogen and oxygen atoms in total. The van der Waals surface area contributed by atoms with Gasteiger partial charge in [-0.05, 0) is 61.9 Å². The van der Waals surface area contributed by atoms with Crippen molar-refractivity contribution in [2.24, 2.45) is 0 Å². The first-order valence-corrected chi connectivity index (χ1v) is 8.60. The molecule has 0 bridgehead atoms. The van der Waals surface area contributed by atoms with E-state index >= 15 is 0 Å². The third kappa shape index (κ3) is 4.51. The van der Waals surface area contributed by atoms with Crippen LogP contribution in [0.4, 0.5) is 11.4 Å². The number of anilines is 2. The number of nitrogens with one attached hydrogen (secondary N) is 1. The van der Waals surface area contributed by atoms with Crippen molar-refractivity contribution >= 4 is 17.3 Å². The summed E-state index contributed by atoms with van der Waals surface area (Å²) < 4.78 is 6.02. The predicted molar refractivity (Wildman–Crippen MR) is 97.1 cm³/mol. The van der Waals surface area contributed by atoms with Crippen molar-refractivity contribution in [3.63, 3.8) is 0 Å². The van der Waals surface area contributed by atoms with Crippen LogP contribution in [-0.2, 0) is 11.2 Å². The number of aryl methyl sites for hydroxylation is 1. The number of carbonyl (C=O) groups excluding carboxylic acids is 1. The Morgan fingerprint density at radius 2 is 1.92 bits per heavy atom. The number of carbonyl (C=O) groups is 1. The van der Waals surface area contributed by atoms with E-state index in [4.69, 9.17) is 10.5 Å². The SMILES string of the molecule is Nc1ccccc1NC(=O)CCc1cccc(OC2CCCC2)c1. The molecule has 24 heavy (non-hydrogen) atoms. The summed E-state index contributed by atoms with van der Waals surface area (Å²) in [6, 6.07) is 15.4. The second-order valence-electron chi connectivity index (χ2n) is 6.31. The Bertz CT molecular complexity index is 694. The molecule has 1 amide bonds. The van der Waals surface area contributed by atoms with Gasteiger partial charge >= 0.3 is 0 Å². The number of nitrogens with two attached hydrogens (primary N) is 1. The maximum atomic E-state index is 12.1. The smallest absolute Gasteiger partial charge is 0.224 e. The molecule has 0 spiro atoms. The summed E-state index contributed by atoms with van der Waals surface area (Å²) in [5.41, 5.74) is 8.20. The topological polar surface area (TPSA) is 64.3 Å². The second-order valence-corrected chi connectivity index (χ2v) is 6.31. The molecule has 1 aliphatic rings. The lowest BCUT2D eigenvalue weighted by atomic mass is 10.1. The van der Waals surface area contributed by atoms with Gasteiger partial charge in [-0.2, -0.15) is 0 Å². The Kier molecular flexibility index (Phi) is 5.36. The highest BCUT2D eigenvalue weighted by Gasteiger charge is 2.16. The Morgan fingerprint density at radius 1 is 1.12 bits per heavy atom. The number of para-hydroxylation sites is 2. The van der Waals surface area contributed by atoms with Gasteiger partial charge in [0.2, 0.25) is 5.91 Å². The van der Waals surface area contributed by atoms with E-state index in [-0.39, 0.29) is 5.91 Å². The number of hydrogen-bond donors (Lipinski definition) is 2. The van der Waals surface area contributed by atoms with Gasteiger partial charge in [0.15, 0.2) is 0 Å². The summed E-state index contributed by atoms with van der Waals surface area (Å²) in [4.78, 5) is 12.1. The zero-order chi connectivity index (χ0) is 16.8. The van der Waals surface area contributed by atoms with Crippen LogP contribution in [0.2, 0.25) is 0 Å². The summed E-state index contributed by atoms with van der Waals surface area (Å²) in [5, 5.41) is 2.86. The number of nitrogen functional groups attached to an aromatic ring is 1. The molecule has 0 saturated heterocycles. The van der Waals surface area contributed by atoms with E-state index in [2.05, 4.69) is 5.32 Å². The molecule has 0 radical (unpaired) electrons. The fourth-order valence-electron chi connectivity index (χ4n) is 3.05. The van der Waals surface area contributed by atoms with Crippen LogP contribution in [0.5, 0.6) is 5.75 Å². The summed E-state index contributed by atoms with van der Waals surface area (Å²) in [6.45, 7) is 0. The first-order valence-electron chi connectivity index (χ1n) is 8.60. The zero-order valence-corrected chi connectivity index (χ0v) is 13.8. The minimum Gasteiger partial charge on any atom is -0.490 e. The number of ether oxygens (including phenoxy) is 1. The first kappa shape index (κ1) is 16.4. The molecule has 3 N–H and O–H groups in total. The lowest BCUT2D eigenvalue weighted by molar-refractivity contribution is -0.116. The van der Waals surface area contributed by atoms with E-state index in [0.717, 1.165) is 24.2 Å². The van der Waals surface area contributed by atoms with Gasteiger partial charge in [0.05, 0.1) is 17.5 Å². The number of benzene rings is 2. The fourth-order valence-corrected chi connectivity index (χ4v) is 3.05. The van der Waals surface area contributed by atoms with E-state index in [9.17, 15) is 4.79 Å². The fraction of sp³-hybridized carbons (Fsp3) is 0.350. The highest BCUT2D eigenvalue weighted by Crippen LogP contribution is 2.25. The maximum Gasteiger partial charge on any atom is 0.224 e. The van der Waals surface area contributed by atoms with Gasteiger partial charge < -0.3 is 15.8 Å². The van der Waals surface area contributed by atoms with Crippen LogP contribution in [0.1, 0.15) is 37.7 Å². The number of amides is 1. The van der Waals surface area contributed by atoms with Crippen molar-refractivity contribution < 1.29 is 9.53 Å². The van der Waals surface area contributed by atoms with Crippen molar-refractivity contribution in [1.29, 1.82) is 0 Å². The van der Waals surface area contributed by atoms with Crippen molar-refractivity contribution in [1.82, 2.24) is 0 Å². The Morgan fingerprint density at radius 3 is 2.71 bits per heavy atom. The zero-order valence-electron chi connectivity index (χ0n) is 13.8. The highest BCUT2D eigenvalue weighted by molar-refractivity contribution is 5.93. The Labute approximate surface area is 143 Å². The molecule has 0 unspecified atom stereocenters. The van der Waals surface area contributed by atoms with E-state index in [0.29, 0.717) is 30.3 Å². The van der Waals surface area contributed by atoms with Crippen LogP contribution in [0, 0.1) is 0 Å². The van der Waals surface area contributed by atoms with Crippen molar-refractivity contribution in [2.75, 3.05) is 11.1 Å². The standard InChI is InChI=1S/C20H24N2O2/c21-18-10-3-4-11-19(18)22-20(23)13-12-15-6-5-9-17(14-15)24-16-7-1-2-8-16/h3-6,9-11,14,16H,1-2,7-8,12-13,21H2,(H,22,23). The van der Waals surface area contributed by atoms with Crippen LogP contribution < -0.4 is 15.8 Å². The average Bonchev–Trinajstić information content (AvgIpc) is 3.08. The third-order valence-corrected chi connectivity index (χ3v) is 4.38. The van der Waals surface area contributed by atoms with Crippen molar-refractivity contribution in [3.8, 4) is 5.75 Å². The van der Waals surface area contributed by atoms with E-state index in [1.54, 1.807) is 6.07 Å². The predicted octanol–water partition coefficient (Wildman–Crippen LogP) is 4.16. The van der Waals surface area contributed by atoms with Crippen LogP contribution in [0.15, 0.2) is 48.5 Å². The van der Waals surface area contributed by atoms with Crippen molar-refractivity contribution in [2.45, 2.75) is 44.6 Å². The molecule has 0 aliphatic heterocycles. The molecule has 1 saturated carbocycles. The molecule has 2 aromatic carbocycles. The van der Waals surface area contributed by atoms with E-state index < -0.39 is 0 Å². The van der Waals surface area contributed by atoms with Gasteiger partial charge in [0.1, 0.15) is 5.75 Å². The van der Waals surface area contributed by atoms with Gasteiger partial charge in [-0.25, -0.2) is 0 Å². The molecule has 126 valence electrons. The summed E-state index contributed by atoms with van der Waals surface area (Å²) in [6.07, 6.45) is 6.25. The Balaban J connectivity index is 1.52. The molecule has 0 atom stereocenters. The molecule has 3 rings (SSSR count). The minimum atomic E-state index is -0.0324. The molecule has 1 aliphatic carbocycles. The normalized spacial score (nSPS) is 14.5. The van der Waals surface area contributed by atoms with Crippen LogP contribution in [0.3, 0.4) is 0 Å². The molecule has 1 fully saturated rings. The van der Waals surface area contributed by atoms with E-state index in [1.807, 2.05) is 42.5 Å². The second kappa shape index (κ2) is 7.86. The molecule has 0 aromatic heterocycles. The minimum absolute atomic E-state index is 0.0324. The van der Waals surface area contributed by atoms with Crippen LogP contribution >= 0.6 is 0 Å². The highest BCUT2D eigenvalue weighted by atomic mass is 16.5. The van der Waals surface area contributed by atoms with E-state index in [1.165, 1.54) is 12.8 Å². The molecule has 4 heteroatoms. The number of hydrogen-bond acceptors (Lipinski definition) is 3. The van der Waals surface area contributed by atoms with Gasteiger partial charge in [-0.1, -0.05) is 24.3 Å². The Hall–Kier alpha value is -2.49. The lowest BCUT2D eigenvalue weighted by Crippen LogP contribution is -2.13. The van der Waals surface area contributed by atoms with Crippen LogP contribution in [0.25, 0.3) is 0 Å². The molecular formula is C20H24N2O2. The molecule has 2 aromatic rings.